The van der Waals surface area contributed by atoms with Crippen LogP contribution in [-0.2, 0) is 11.8 Å². The molecule has 0 spiro atoms. The topological polar surface area (TPSA) is 42.2 Å². The molecule has 0 aliphatic carbocycles. The van der Waals surface area contributed by atoms with Gasteiger partial charge in [-0.05, 0) is 30.4 Å². The molecule has 1 atom stereocenters. The Labute approximate surface area is 113 Å². The standard InChI is InChI=1S/C16H21NO2/c1-10(2)13(9-15(18)19)16-11(3)17(4)14-8-6-5-7-12(14)16/h5-8,10,13H,9H2,1-4H3,(H,18,19). The van der Waals surface area contributed by atoms with Crippen LogP contribution in [0, 0.1) is 12.8 Å². The third kappa shape index (κ3) is 2.37. The van der Waals surface area contributed by atoms with Crippen LogP contribution in [0.4, 0.5) is 0 Å². The summed E-state index contributed by atoms with van der Waals surface area (Å²) in [6, 6.07) is 8.22. The third-order valence-electron chi connectivity index (χ3n) is 4.02. The number of aryl methyl sites for hydroxylation is 1. The maximum absolute atomic E-state index is 11.1. The van der Waals surface area contributed by atoms with Crippen LogP contribution in [0.2, 0.25) is 0 Å². The minimum Gasteiger partial charge on any atom is -0.481 e. The van der Waals surface area contributed by atoms with Gasteiger partial charge < -0.3 is 9.67 Å². The van der Waals surface area contributed by atoms with Gasteiger partial charge in [-0.3, -0.25) is 4.79 Å². The summed E-state index contributed by atoms with van der Waals surface area (Å²) >= 11 is 0. The zero-order chi connectivity index (χ0) is 14.2. The van der Waals surface area contributed by atoms with E-state index in [1.807, 2.05) is 19.2 Å². The zero-order valence-corrected chi connectivity index (χ0v) is 12.0. The van der Waals surface area contributed by atoms with E-state index in [0.29, 0.717) is 5.92 Å². The molecule has 1 heterocycles. The number of aromatic nitrogens is 1. The first-order valence-corrected chi connectivity index (χ1v) is 6.69. The summed E-state index contributed by atoms with van der Waals surface area (Å²) in [6.07, 6.45) is 0.187. The average Bonchev–Trinajstić information content (AvgIpc) is 2.60. The molecule has 0 aliphatic heterocycles. The van der Waals surface area contributed by atoms with Gasteiger partial charge in [-0.1, -0.05) is 32.0 Å². The second-order valence-corrected chi connectivity index (χ2v) is 5.52. The van der Waals surface area contributed by atoms with Crippen LogP contribution in [0.3, 0.4) is 0 Å². The molecule has 2 rings (SSSR count). The van der Waals surface area contributed by atoms with Crippen LogP contribution in [0.25, 0.3) is 10.9 Å². The molecule has 1 N–H and O–H groups in total. The smallest absolute Gasteiger partial charge is 0.303 e. The fraction of sp³-hybridized carbons (Fsp3) is 0.438. The van der Waals surface area contributed by atoms with Crippen LogP contribution in [0.5, 0.6) is 0 Å². The highest BCUT2D eigenvalue weighted by Crippen LogP contribution is 2.37. The van der Waals surface area contributed by atoms with E-state index >= 15 is 0 Å². The van der Waals surface area contributed by atoms with E-state index < -0.39 is 5.97 Å². The van der Waals surface area contributed by atoms with Gasteiger partial charge in [0.05, 0.1) is 6.42 Å². The van der Waals surface area contributed by atoms with E-state index in [1.165, 1.54) is 22.2 Å². The van der Waals surface area contributed by atoms with Gasteiger partial charge in [0, 0.05) is 23.6 Å². The quantitative estimate of drug-likeness (QED) is 0.909. The van der Waals surface area contributed by atoms with E-state index in [0.717, 1.165) is 0 Å². The molecular weight excluding hydrogens is 238 g/mol. The molecule has 3 heteroatoms. The van der Waals surface area contributed by atoms with Crippen molar-refractivity contribution in [2.75, 3.05) is 0 Å². The number of hydrogen-bond acceptors (Lipinski definition) is 1. The molecule has 0 saturated carbocycles. The molecule has 19 heavy (non-hydrogen) atoms. The van der Waals surface area contributed by atoms with Crippen molar-refractivity contribution in [3.8, 4) is 0 Å². The number of aliphatic carboxylic acids is 1. The Bertz CT molecular complexity index is 610. The van der Waals surface area contributed by atoms with E-state index in [-0.39, 0.29) is 12.3 Å². The summed E-state index contributed by atoms with van der Waals surface area (Å²) in [6.45, 7) is 6.26. The Hall–Kier alpha value is -1.77. The lowest BCUT2D eigenvalue weighted by atomic mass is 9.84. The fourth-order valence-corrected chi connectivity index (χ4v) is 2.88. The summed E-state index contributed by atoms with van der Waals surface area (Å²) in [5, 5.41) is 10.3. The second kappa shape index (κ2) is 5.08. The third-order valence-corrected chi connectivity index (χ3v) is 4.02. The van der Waals surface area contributed by atoms with Crippen molar-refractivity contribution in [3.63, 3.8) is 0 Å². The Morgan fingerprint density at radius 2 is 1.95 bits per heavy atom. The van der Waals surface area contributed by atoms with E-state index in [4.69, 9.17) is 5.11 Å². The molecule has 102 valence electrons. The number of carboxylic acids is 1. The van der Waals surface area contributed by atoms with Gasteiger partial charge in [0.15, 0.2) is 0 Å². The molecule has 0 amide bonds. The molecule has 1 aromatic carbocycles. The lowest BCUT2D eigenvalue weighted by molar-refractivity contribution is -0.137. The zero-order valence-electron chi connectivity index (χ0n) is 12.0. The second-order valence-electron chi connectivity index (χ2n) is 5.52. The number of hydrogen-bond donors (Lipinski definition) is 1. The lowest BCUT2D eigenvalue weighted by Crippen LogP contribution is -2.13. The first kappa shape index (κ1) is 13.7. The van der Waals surface area contributed by atoms with Crippen LogP contribution < -0.4 is 0 Å². The predicted octanol–water partition coefficient (Wildman–Crippen LogP) is 3.70. The summed E-state index contributed by atoms with van der Waals surface area (Å²) < 4.78 is 2.15. The molecule has 0 fully saturated rings. The molecule has 0 aliphatic rings. The molecule has 0 bridgehead atoms. The Morgan fingerprint density at radius 1 is 1.32 bits per heavy atom. The van der Waals surface area contributed by atoms with Crippen molar-refractivity contribution >= 4 is 16.9 Å². The molecule has 1 unspecified atom stereocenters. The van der Waals surface area contributed by atoms with Gasteiger partial charge in [-0.2, -0.15) is 0 Å². The van der Waals surface area contributed by atoms with E-state index in [9.17, 15) is 4.79 Å². The maximum Gasteiger partial charge on any atom is 0.303 e. The summed E-state index contributed by atoms with van der Waals surface area (Å²) in [7, 11) is 2.04. The van der Waals surface area contributed by atoms with Gasteiger partial charge in [0.2, 0.25) is 0 Å². The van der Waals surface area contributed by atoms with E-state index in [1.54, 1.807) is 0 Å². The number of fused-ring (bicyclic) bond motifs is 1. The Kier molecular flexibility index (Phi) is 3.65. The first-order valence-electron chi connectivity index (χ1n) is 6.69. The monoisotopic (exact) mass is 259 g/mol. The summed E-state index contributed by atoms with van der Waals surface area (Å²) in [4.78, 5) is 11.1. The summed E-state index contributed by atoms with van der Waals surface area (Å²) in [5.41, 5.74) is 3.53. The molecule has 2 aromatic rings. The number of benzene rings is 1. The van der Waals surface area contributed by atoms with Gasteiger partial charge >= 0.3 is 5.97 Å². The van der Waals surface area contributed by atoms with Crippen molar-refractivity contribution in [2.24, 2.45) is 13.0 Å². The largest absolute Gasteiger partial charge is 0.481 e. The van der Waals surface area contributed by atoms with Crippen molar-refractivity contribution < 1.29 is 9.90 Å². The van der Waals surface area contributed by atoms with Crippen molar-refractivity contribution in [3.05, 3.63) is 35.5 Å². The van der Waals surface area contributed by atoms with Gasteiger partial charge in [0.1, 0.15) is 0 Å². The summed E-state index contributed by atoms with van der Waals surface area (Å²) in [5.74, 6) is -0.366. The SMILES string of the molecule is Cc1c(C(CC(=O)O)C(C)C)c2ccccc2n1C. The number of rotatable bonds is 4. The highest BCUT2D eigenvalue weighted by molar-refractivity contribution is 5.86. The van der Waals surface area contributed by atoms with Crippen LogP contribution in [0.15, 0.2) is 24.3 Å². The van der Waals surface area contributed by atoms with Gasteiger partial charge in [-0.25, -0.2) is 0 Å². The normalized spacial score (nSPS) is 13.1. The first-order chi connectivity index (χ1) is 8.93. The van der Waals surface area contributed by atoms with Crippen molar-refractivity contribution in [1.82, 2.24) is 4.57 Å². The number of carboxylic acid groups (broad SMARTS) is 1. The highest BCUT2D eigenvalue weighted by atomic mass is 16.4. The number of nitrogens with zero attached hydrogens (tertiary/aromatic N) is 1. The average molecular weight is 259 g/mol. The minimum absolute atomic E-state index is 0.0589. The maximum atomic E-state index is 11.1. The van der Waals surface area contributed by atoms with E-state index in [2.05, 4.69) is 37.5 Å². The van der Waals surface area contributed by atoms with Gasteiger partial charge in [0.25, 0.3) is 0 Å². The van der Waals surface area contributed by atoms with Crippen LogP contribution in [0.1, 0.15) is 37.4 Å². The lowest BCUT2D eigenvalue weighted by Gasteiger charge is -2.20. The van der Waals surface area contributed by atoms with Gasteiger partial charge in [-0.15, -0.1) is 0 Å². The molecular formula is C16H21NO2. The molecule has 0 saturated heterocycles. The van der Waals surface area contributed by atoms with Crippen LogP contribution >= 0.6 is 0 Å². The number of carbonyl (C=O) groups is 1. The van der Waals surface area contributed by atoms with Crippen LogP contribution in [-0.4, -0.2) is 15.6 Å². The Balaban J connectivity index is 2.65. The molecule has 1 aromatic heterocycles. The number of para-hydroxylation sites is 1. The highest BCUT2D eigenvalue weighted by Gasteiger charge is 2.25. The molecule has 3 nitrogen and oxygen atoms in total. The fourth-order valence-electron chi connectivity index (χ4n) is 2.88. The van der Waals surface area contributed by atoms with Crippen molar-refractivity contribution in [2.45, 2.75) is 33.1 Å². The molecule has 0 radical (unpaired) electrons. The predicted molar refractivity (Wildman–Crippen MR) is 77.5 cm³/mol. The van der Waals surface area contributed by atoms with Crippen molar-refractivity contribution in [1.29, 1.82) is 0 Å². The Morgan fingerprint density at radius 3 is 2.53 bits per heavy atom. The minimum atomic E-state index is -0.731.